The summed E-state index contributed by atoms with van der Waals surface area (Å²) >= 11 is 6.32. The maximum absolute atomic E-state index is 6.32. The minimum absolute atomic E-state index is 0.0952. The second-order valence-electron chi connectivity index (χ2n) is 5.09. The molecule has 20 heavy (non-hydrogen) atoms. The van der Waals surface area contributed by atoms with E-state index in [4.69, 9.17) is 16.0 Å². The van der Waals surface area contributed by atoms with Crippen molar-refractivity contribution < 1.29 is 4.42 Å². The van der Waals surface area contributed by atoms with Crippen LogP contribution in [0.4, 0.5) is 0 Å². The molecule has 2 heterocycles. The highest BCUT2D eigenvalue weighted by molar-refractivity contribution is 6.31. The molecule has 0 saturated carbocycles. The Bertz CT molecular complexity index is 561. The molecule has 1 atom stereocenters. The Balaban J connectivity index is 2.34. The molecule has 0 spiro atoms. The summed E-state index contributed by atoms with van der Waals surface area (Å²) in [6.45, 7) is 3.71. The minimum Gasteiger partial charge on any atom is -0.467 e. The van der Waals surface area contributed by atoms with Gasteiger partial charge >= 0.3 is 0 Å². The fourth-order valence-corrected chi connectivity index (χ4v) is 2.45. The molecular formula is C14H21ClN4O. The molecule has 2 aromatic rings. The molecule has 0 radical (unpaired) electrons. The first kappa shape index (κ1) is 15.1. The first-order chi connectivity index (χ1) is 9.54. The van der Waals surface area contributed by atoms with Crippen LogP contribution in [0.3, 0.4) is 0 Å². The van der Waals surface area contributed by atoms with Gasteiger partial charge in [-0.1, -0.05) is 11.6 Å². The fourth-order valence-electron chi connectivity index (χ4n) is 2.20. The van der Waals surface area contributed by atoms with Crippen LogP contribution >= 0.6 is 11.6 Å². The van der Waals surface area contributed by atoms with E-state index in [1.807, 2.05) is 38.8 Å². The van der Waals surface area contributed by atoms with Gasteiger partial charge in [-0.2, -0.15) is 5.10 Å². The Labute approximate surface area is 124 Å². The van der Waals surface area contributed by atoms with E-state index in [0.717, 1.165) is 30.1 Å². The summed E-state index contributed by atoms with van der Waals surface area (Å²) in [7, 11) is 5.97. The summed E-state index contributed by atoms with van der Waals surface area (Å²) in [5, 5.41) is 8.29. The predicted molar refractivity (Wildman–Crippen MR) is 80.1 cm³/mol. The number of nitrogens with zero attached hydrogens (tertiary/aromatic N) is 3. The van der Waals surface area contributed by atoms with Gasteiger partial charge < -0.3 is 14.6 Å². The Morgan fingerprint density at radius 3 is 2.80 bits per heavy atom. The van der Waals surface area contributed by atoms with Crippen molar-refractivity contribution in [1.82, 2.24) is 20.0 Å². The van der Waals surface area contributed by atoms with Crippen LogP contribution in [-0.4, -0.2) is 42.4 Å². The molecule has 0 aliphatic carbocycles. The van der Waals surface area contributed by atoms with Crippen LogP contribution in [0.15, 0.2) is 22.9 Å². The van der Waals surface area contributed by atoms with Crippen LogP contribution in [-0.2, 0) is 6.54 Å². The molecule has 6 heteroatoms. The number of halogens is 1. The highest BCUT2D eigenvalue weighted by Gasteiger charge is 2.24. The summed E-state index contributed by atoms with van der Waals surface area (Å²) in [6.07, 6.45) is 3.39. The SMILES string of the molecule is CNC(c1occc1C)c1c(Cl)cnn1CCN(C)C. The van der Waals surface area contributed by atoms with Crippen molar-refractivity contribution in [3.8, 4) is 0 Å². The Hall–Kier alpha value is -1.30. The van der Waals surface area contributed by atoms with E-state index in [1.54, 1.807) is 12.5 Å². The number of likely N-dealkylation sites (N-methyl/N-ethyl adjacent to an activating group) is 1. The van der Waals surface area contributed by atoms with Crippen molar-refractivity contribution in [2.45, 2.75) is 19.5 Å². The third-order valence-electron chi connectivity index (χ3n) is 3.32. The van der Waals surface area contributed by atoms with Crippen LogP contribution in [0.5, 0.6) is 0 Å². The largest absolute Gasteiger partial charge is 0.467 e. The van der Waals surface area contributed by atoms with Crippen LogP contribution in [0.2, 0.25) is 5.02 Å². The van der Waals surface area contributed by atoms with E-state index in [-0.39, 0.29) is 6.04 Å². The lowest BCUT2D eigenvalue weighted by Crippen LogP contribution is -2.25. The number of nitrogens with one attached hydrogen (secondary N) is 1. The lowest BCUT2D eigenvalue weighted by Gasteiger charge is -2.19. The van der Waals surface area contributed by atoms with Gasteiger partial charge in [0.2, 0.25) is 0 Å². The van der Waals surface area contributed by atoms with E-state index < -0.39 is 0 Å². The number of rotatable bonds is 6. The summed E-state index contributed by atoms with van der Waals surface area (Å²) in [5.41, 5.74) is 2.04. The van der Waals surface area contributed by atoms with Gasteiger partial charge in [0, 0.05) is 6.54 Å². The maximum atomic E-state index is 6.32. The highest BCUT2D eigenvalue weighted by Crippen LogP contribution is 2.30. The van der Waals surface area contributed by atoms with Crippen molar-refractivity contribution >= 4 is 11.6 Å². The minimum atomic E-state index is -0.0952. The third kappa shape index (κ3) is 3.06. The fraction of sp³-hybridized carbons (Fsp3) is 0.500. The van der Waals surface area contributed by atoms with Gasteiger partial charge in [0.1, 0.15) is 11.8 Å². The Kier molecular flexibility index (Phi) is 4.86. The van der Waals surface area contributed by atoms with E-state index in [0.29, 0.717) is 5.02 Å². The molecule has 5 nitrogen and oxygen atoms in total. The second-order valence-corrected chi connectivity index (χ2v) is 5.50. The van der Waals surface area contributed by atoms with E-state index >= 15 is 0 Å². The maximum Gasteiger partial charge on any atom is 0.129 e. The molecule has 110 valence electrons. The summed E-state index contributed by atoms with van der Waals surface area (Å²) < 4.78 is 7.54. The van der Waals surface area contributed by atoms with Gasteiger partial charge in [-0.15, -0.1) is 0 Å². The van der Waals surface area contributed by atoms with Gasteiger partial charge in [-0.25, -0.2) is 0 Å². The van der Waals surface area contributed by atoms with E-state index in [1.165, 1.54) is 0 Å². The molecular weight excluding hydrogens is 276 g/mol. The molecule has 1 unspecified atom stereocenters. The summed E-state index contributed by atoms with van der Waals surface area (Å²) in [4.78, 5) is 2.12. The number of aromatic nitrogens is 2. The van der Waals surface area contributed by atoms with Crippen molar-refractivity contribution in [1.29, 1.82) is 0 Å². The number of aryl methyl sites for hydroxylation is 1. The average Bonchev–Trinajstić information content (AvgIpc) is 2.97. The monoisotopic (exact) mass is 296 g/mol. The molecule has 0 aliphatic heterocycles. The standard InChI is InChI=1S/C14H21ClN4O/c1-10-5-8-20-14(10)12(16-2)13-11(15)9-17-19(13)7-6-18(3)4/h5,8-9,12,16H,6-7H2,1-4H3. The topological polar surface area (TPSA) is 46.2 Å². The molecule has 0 saturated heterocycles. The smallest absolute Gasteiger partial charge is 0.129 e. The first-order valence-corrected chi connectivity index (χ1v) is 6.99. The molecule has 2 aromatic heterocycles. The number of furan rings is 1. The Morgan fingerprint density at radius 1 is 1.50 bits per heavy atom. The molecule has 1 N–H and O–H groups in total. The summed E-state index contributed by atoms with van der Waals surface area (Å²) in [5.74, 6) is 0.876. The van der Waals surface area contributed by atoms with Crippen LogP contribution in [0.25, 0.3) is 0 Å². The van der Waals surface area contributed by atoms with Crippen molar-refractivity contribution in [3.63, 3.8) is 0 Å². The molecule has 0 aliphatic rings. The van der Waals surface area contributed by atoms with Crippen molar-refractivity contribution in [2.24, 2.45) is 0 Å². The Morgan fingerprint density at radius 2 is 2.25 bits per heavy atom. The lowest BCUT2D eigenvalue weighted by molar-refractivity contribution is 0.361. The number of hydrogen-bond donors (Lipinski definition) is 1. The quantitative estimate of drug-likeness (QED) is 0.888. The normalized spacial score (nSPS) is 13.1. The zero-order valence-electron chi connectivity index (χ0n) is 12.4. The van der Waals surface area contributed by atoms with Crippen LogP contribution in [0, 0.1) is 6.92 Å². The van der Waals surface area contributed by atoms with Crippen molar-refractivity contribution in [2.75, 3.05) is 27.7 Å². The van der Waals surface area contributed by atoms with Crippen LogP contribution in [0.1, 0.15) is 23.1 Å². The van der Waals surface area contributed by atoms with E-state index in [2.05, 4.69) is 15.3 Å². The molecule has 2 rings (SSSR count). The molecule has 0 fully saturated rings. The molecule has 0 bridgehead atoms. The first-order valence-electron chi connectivity index (χ1n) is 6.61. The van der Waals surface area contributed by atoms with Gasteiger partial charge in [0.25, 0.3) is 0 Å². The number of hydrogen-bond acceptors (Lipinski definition) is 4. The van der Waals surface area contributed by atoms with Gasteiger partial charge in [0.15, 0.2) is 0 Å². The zero-order valence-corrected chi connectivity index (χ0v) is 13.1. The molecule has 0 aromatic carbocycles. The summed E-state index contributed by atoms with van der Waals surface area (Å²) in [6, 6.07) is 1.86. The van der Waals surface area contributed by atoms with E-state index in [9.17, 15) is 0 Å². The second kappa shape index (κ2) is 6.43. The third-order valence-corrected chi connectivity index (χ3v) is 3.61. The van der Waals surface area contributed by atoms with Crippen LogP contribution < -0.4 is 5.32 Å². The molecule has 0 amide bonds. The van der Waals surface area contributed by atoms with Gasteiger partial charge in [-0.3, -0.25) is 4.68 Å². The predicted octanol–water partition coefficient (Wildman–Crippen LogP) is 2.31. The lowest BCUT2D eigenvalue weighted by atomic mass is 10.1. The zero-order chi connectivity index (χ0) is 14.7. The van der Waals surface area contributed by atoms with Crippen molar-refractivity contribution in [3.05, 3.63) is 40.6 Å². The van der Waals surface area contributed by atoms with Gasteiger partial charge in [0.05, 0.1) is 29.7 Å². The highest BCUT2D eigenvalue weighted by atomic mass is 35.5. The average molecular weight is 297 g/mol. The van der Waals surface area contributed by atoms with Gasteiger partial charge in [-0.05, 0) is 39.7 Å².